The van der Waals surface area contributed by atoms with E-state index in [1.54, 1.807) is 0 Å². The summed E-state index contributed by atoms with van der Waals surface area (Å²) < 4.78 is 0. The molecule has 2 amide bonds. The molecule has 8 heteroatoms. The van der Waals surface area contributed by atoms with E-state index in [4.69, 9.17) is 21.1 Å². The van der Waals surface area contributed by atoms with Crippen LogP contribution in [0.3, 0.4) is 0 Å². The van der Waals surface area contributed by atoms with Crippen molar-refractivity contribution < 1.29 is 24.9 Å². The normalized spacial score (nSPS) is 10.8. The molecule has 1 unspecified atom stereocenters. The Balaban J connectivity index is 0.000000555. The Kier molecular flexibility index (Phi) is 6.76. The fourth-order valence-electron chi connectivity index (χ4n) is 1.04. The standard InChI is InChI=1S/C9H11NO4.C2H6N2O/c10-6(9(13)14)3-5-1-2-7(11)8(12)4-5;1-4-2(3)5/h1-2,4,6,11-12H,3,10H2,(H,13,14);1H3,(H3,3,4,5). The number of phenols is 2. The number of carbonyl (C=O) groups is 2. The third-order valence-electron chi connectivity index (χ3n) is 2.06. The lowest BCUT2D eigenvalue weighted by Crippen LogP contribution is -2.32. The van der Waals surface area contributed by atoms with Crippen LogP contribution in [0.25, 0.3) is 0 Å². The molecule has 0 radical (unpaired) electrons. The van der Waals surface area contributed by atoms with Gasteiger partial charge in [0.2, 0.25) is 0 Å². The van der Waals surface area contributed by atoms with E-state index in [2.05, 4.69) is 11.1 Å². The largest absolute Gasteiger partial charge is 0.504 e. The number of phenolic OH excluding ortho intramolecular Hbond substituents is 2. The average Bonchev–Trinajstić information content (AvgIpc) is 2.34. The topological polar surface area (TPSA) is 159 Å². The molecule has 0 heterocycles. The second kappa shape index (κ2) is 7.77. The predicted molar refractivity (Wildman–Crippen MR) is 67.7 cm³/mol. The van der Waals surface area contributed by atoms with Gasteiger partial charge < -0.3 is 32.1 Å². The number of carboxylic acid groups (broad SMARTS) is 1. The molecule has 8 N–H and O–H groups in total. The van der Waals surface area contributed by atoms with Crippen LogP contribution in [0.2, 0.25) is 0 Å². The number of nitrogens with one attached hydrogen (secondary N) is 1. The van der Waals surface area contributed by atoms with Crippen molar-refractivity contribution in [3.05, 3.63) is 23.8 Å². The summed E-state index contributed by atoms with van der Waals surface area (Å²) >= 11 is 0. The van der Waals surface area contributed by atoms with Gasteiger partial charge in [-0.1, -0.05) is 6.07 Å². The number of hydrogen-bond acceptors (Lipinski definition) is 5. The molecule has 0 aliphatic rings. The van der Waals surface area contributed by atoms with Crippen LogP contribution < -0.4 is 16.8 Å². The first-order valence-electron chi connectivity index (χ1n) is 5.24. The van der Waals surface area contributed by atoms with Crippen molar-refractivity contribution in [1.82, 2.24) is 5.32 Å². The Labute approximate surface area is 109 Å². The number of aliphatic carboxylic acids is 1. The van der Waals surface area contributed by atoms with E-state index in [9.17, 15) is 9.59 Å². The quantitative estimate of drug-likeness (QED) is 0.400. The lowest BCUT2D eigenvalue weighted by atomic mass is 10.1. The summed E-state index contributed by atoms with van der Waals surface area (Å²) in [5.74, 6) is -1.62. The van der Waals surface area contributed by atoms with Gasteiger partial charge in [0.15, 0.2) is 11.5 Å². The van der Waals surface area contributed by atoms with Crippen molar-refractivity contribution >= 4 is 12.0 Å². The van der Waals surface area contributed by atoms with Crippen LogP contribution in [0, 0.1) is 0 Å². The van der Waals surface area contributed by atoms with Gasteiger partial charge in [-0.2, -0.15) is 0 Å². The van der Waals surface area contributed by atoms with Crippen molar-refractivity contribution in [2.24, 2.45) is 11.5 Å². The number of benzene rings is 1. The molecule has 0 bridgehead atoms. The van der Waals surface area contributed by atoms with Crippen LogP contribution in [-0.4, -0.2) is 40.4 Å². The van der Waals surface area contributed by atoms with Gasteiger partial charge in [0.25, 0.3) is 0 Å². The first kappa shape index (κ1) is 16.5. The molecule has 0 aliphatic heterocycles. The molecular formula is C11H17N3O5. The van der Waals surface area contributed by atoms with E-state index >= 15 is 0 Å². The van der Waals surface area contributed by atoms with Crippen LogP contribution in [0.4, 0.5) is 4.79 Å². The minimum Gasteiger partial charge on any atom is -0.504 e. The average molecular weight is 271 g/mol. The molecule has 0 saturated heterocycles. The van der Waals surface area contributed by atoms with Crippen molar-refractivity contribution in [1.29, 1.82) is 0 Å². The summed E-state index contributed by atoms with van der Waals surface area (Å²) in [4.78, 5) is 19.9. The van der Waals surface area contributed by atoms with E-state index in [1.807, 2.05) is 0 Å². The maximum absolute atomic E-state index is 10.4. The molecule has 1 rings (SSSR count). The van der Waals surface area contributed by atoms with Gasteiger partial charge in [-0.05, 0) is 24.1 Å². The Morgan fingerprint density at radius 3 is 2.21 bits per heavy atom. The molecule has 1 aromatic carbocycles. The maximum atomic E-state index is 10.4. The molecule has 1 atom stereocenters. The smallest absolute Gasteiger partial charge is 0.320 e. The third kappa shape index (κ3) is 6.74. The fraction of sp³-hybridized carbons (Fsp3) is 0.273. The van der Waals surface area contributed by atoms with Gasteiger partial charge in [0, 0.05) is 7.05 Å². The highest BCUT2D eigenvalue weighted by Crippen LogP contribution is 2.25. The summed E-state index contributed by atoms with van der Waals surface area (Å²) in [5.41, 5.74) is 10.4. The molecule has 0 spiro atoms. The van der Waals surface area contributed by atoms with Gasteiger partial charge in [-0.25, -0.2) is 4.79 Å². The van der Waals surface area contributed by atoms with Crippen LogP contribution in [0.15, 0.2) is 18.2 Å². The van der Waals surface area contributed by atoms with Crippen LogP contribution >= 0.6 is 0 Å². The number of nitrogens with two attached hydrogens (primary N) is 2. The number of carboxylic acids is 1. The number of amides is 2. The predicted octanol–water partition coefficient (Wildman–Crippen LogP) is -0.663. The maximum Gasteiger partial charge on any atom is 0.320 e. The Morgan fingerprint density at radius 2 is 1.84 bits per heavy atom. The molecular weight excluding hydrogens is 254 g/mol. The summed E-state index contributed by atoms with van der Waals surface area (Å²) in [6.45, 7) is 0. The lowest BCUT2D eigenvalue weighted by Gasteiger charge is -2.06. The second-order valence-electron chi connectivity index (χ2n) is 3.59. The molecule has 1 aromatic rings. The summed E-state index contributed by atoms with van der Waals surface area (Å²) in [7, 11) is 1.47. The first-order chi connectivity index (χ1) is 8.77. The summed E-state index contributed by atoms with van der Waals surface area (Å²) in [6, 6.07) is 2.60. The minimum atomic E-state index is -1.10. The van der Waals surface area contributed by atoms with Crippen LogP contribution in [-0.2, 0) is 11.2 Å². The minimum absolute atomic E-state index is 0.114. The Bertz CT molecular complexity index is 450. The molecule has 106 valence electrons. The second-order valence-corrected chi connectivity index (χ2v) is 3.59. The number of carbonyl (C=O) groups excluding carboxylic acids is 1. The van der Waals surface area contributed by atoms with E-state index in [1.165, 1.54) is 25.2 Å². The van der Waals surface area contributed by atoms with Crippen LogP contribution in [0.1, 0.15) is 5.56 Å². The van der Waals surface area contributed by atoms with Crippen LogP contribution in [0.5, 0.6) is 11.5 Å². The number of urea groups is 1. The number of aromatic hydroxyl groups is 2. The monoisotopic (exact) mass is 271 g/mol. The molecule has 0 fully saturated rings. The molecule has 0 aromatic heterocycles. The third-order valence-corrected chi connectivity index (χ3v) is 2.06. The number of hydrogen-bond donors (Lipinski definition) is 6. The molecule has 0 saturated carbocycles. The van der Waals surface area contributed by atoms with Crippen molar-refractivity contribution in [3.63, 3.8) is 0 Å². The highest BCUT2D eigenvalue weighted by Gasteiger charge is 2.12. The van der Waals surface area contributed by atoms with Gasteiger partial charge in [-0.15, -0.1) is 0 Å². The van der Waals surface area contributed by atoms with E-state index in [0.29, 0.717) is 5.56 Å². The lowest BCUT2D eigenvalue weighted by molar-refractivity contribution is -0.138. The highest BCUT2D eigenvalue weighted by molar-refractivity contribution is 5.73. The summed E-state index contributed by atoms with van der Waals surface area (Å²) in [6.07, 6.45) is 0.114. The zero-order valence-electron chi connectivity index (χ0n) is 10.3. The SMILES string of the molecule is CNC(N)=O.NC(Cc1ccc(O)c(O)c1)C(=O)O. The molecule has 8 nitrogen and oxygen atoms in total. The number of rotatable bonds is 3. The zero-order valence-corrected chi connectivity index (χ0v) is 10.3. The van der Waals surface area contributed by atoms with Gasteiger partial charge in [-0.3, -0.25) is 4.79 Å². The molecule has 0 aliphatic carbocycles. The van der Waals surface area contributed by atoms with Gasteiger partial charge in [0.05, 0.1) is 0 Å². The van der Waals surface area contributed by atoms with Crippen molar-refractivity contribution in [2.45, 2.75) is 12.5 Å². The van der Waals surface area contributed by atoms with Crippen molar-refractivity contribution in [3.8, 4) is 11.5 Å². The fourth-order valence-corrected chi connectivity index (χ4v) is 1.04. The first-order valence-corrected chi connectivity index (χ1v) is 5.24. The van der Waals surface area contributed by atoms with Gasteiger partial charge in [0.1, 0.15) is 6.04 Å². The van der Waals surface area contributed by atoms with E-state index in [0.717, 1.165) is 0 Å². The van der Waals surface area contributed by atoms with Gasteiger partial charge >= 0.3 is 12.0 Å². The summed E-state index contributed by atoms with van der Waals surface area (Å²) in [5, 5.41) is 28.8. The zero-order chi connectivity index (χ0) is 15.0. The Hall–Kier alpha value is -2.48. The molecule has 19 heavy (non-hydrogen) atoms. The Morgan fingerprint density at radius 1 is 1.32 bits per heavy atom. The number of primary amides is 1. The van der Waals surface area contributed by atoms with E-state index in [-0.39, 0.29) is 17.9 Å². The highest BCUT2D eigenvalue weighted by atomic mass is 16.4. The van der Waals surface area contributed by atoms with Crippen molar-refractivity contribution in [2.75, 3.05) is 7.05 Å². The van der Waals surface area contributed by atoms with E-state index < -0.39 is 18.0 Å².